The number of aliphatic hydroxyl groups is 3. The molecule has 13 heteroatoms. The number of carbonyl (C=O) groups is 1. The number of allylic oxidation sites excluding steroid dienone is 2. The molecule has 0 saturated carbocycles. The summed E-state index contributed by atoms with van der Waals surface area (Å²) in [5.74, 6) is -0.435. The van der Waals surface area contributed by atoms with Crippen LogP contribution in [0.1, 0.15) is 142 Å². The topological polar surface area (TPSA) is 178 Å². The van der Waals surface area contributed by atoms with Gasteiger partial charge in [-0.15, -0.1) is 0 Å². The second kappa shape index (κ2) is 28.5. The molecule has 12 nitrogen and oxygen atoms in total. The van der Waals surface area contributed by atoms with Gasteiger partial charge in [0.1, 0.15) is 30.5 Å². The zero-order valence-corrected chi connectivity index (χ0v) is 30.4. The van der Waals surface area contributed by atoms with Crippen LogP contribution in [-0.4, -0.2) is 97.5 Å². The van der Waals surface area contributed by atoms with E-state index in [1.54, 1.807) is 0 Å². The molecule has 4 N–H and O–H groups in total. The van der Waals surface area contributed by atoms with Gasteiger partial charge in [-0.25, -0.2) is 4.18 Å². The van der Waals surface area contributed by atoms with Gasteiger partial charge in [0.15, 0.2) is 6.29 Å². The van der Waals surface area contributed by atoms with Crippen molar-refractivity contribution >= 4 is 16.4 Å². The molecule has 0 amide bonds. The van der Waals surface area contributed by atoms with Crippen molar-refractivity contribution in [3.05, 3.63) is 12.2 Å². The van der Waals surface area contributed by atoms with Gasteiger partial charge in [0.05, 0.1) is 19.8 Å². The lowest BCUT2D eigenvalue weighted by Gasteiger charge is -2.41. The Labute approximate surface area is 289 Å². The van der Waals surface area contributed by atoms with Crippen LogP contribution in [0.2, 0.25) is 0 Å². The zero-order valence-electron chi connectivity index (χ0n) is 29.6. The van der Waals surface area contributed by atoms with Crippen LogP contribution in [-0.2, 0) is 38.3 Å². The zero-order chi connectivity index (χ0) is 35.5. The first-order chi connectivity index (χ1) is 23.1. The number of aliphatic hydroxyl groups excluding tert-OH is 3. The first-order valence-electron chi connectivity index (χ1n) is 18.4. The number of rotatable bonds is 31. The normalized spacial score (nSPS) is 22.3. The Kier molecular flexibility index (Phi) is 26.7. The minimum Gasteiger partial charge on any atom is -0.457 e. The van der Waals surface area contributed by atoms with E-state index in [0.717, 1.165) is 25.7 Å². The molecule has 0 aliphatic carbocycles. The van der Waals surface area contributed by atoms with Gasteiger partial charge in [-0.05, 0) is 38.5 Å². The molecule has 6 atom stereocenters. The second-order valence-electron chi connectivity index (χ2n) is 12.8. The van der Waals surface area contributed by atoms with E-state index in [1.165, 1.54) is 89.9 Å². The number of esters is 1. The van der Waals surface area contributed by atoms with E-state index < -0.39 is 59.8 Å². The molecule has 0 radical (unpaired) electrons. The summed E-state index contributed by atoms with van der Waals surface area (Å²) in [5.41, 5.74) is 0. The molecule has 48 heavy (non-hydrogen) atoms. The Morgan fingerprint density at radius 1 is 0.771 bits per heavy atom. The molecule has 0 bridgehead atoms. The first-order valence-corrected chi connectivity index (χ1v) is 19.8. The largest absolute Gasteiger partial charge is 0.457 e. The van der Waals surface area contributed by atoms with Crippen molar-refractivity contribution in [3.8, 4) is 0 Å². The monoisotopic (exact) mass is 710 g/mol. The maximum Gasteiger partial charge on any atom is 0.397 e. The lowest BCUT2D eigenvalue weighted by Crippen LogP contribution is -2.60. The van der Waals surface area contributed by atoms with Gasteiger partial charge in [-0.3, -0.25) is 9.35 Å². The van der Waals surface area contributed by atoms with Crippen molar-refractivity contribution in [1.29, 1.82) is 0 Å². The first kappa shape index (κ1) is 44.9. The van der Waals surface area contributed by atoms with Gasteiger partial charge in [-0.1, -0.05) is 109 Å². The van der Waals surface area contributed by atoms with Crippen molar-refractivity contribution in [3.63, 3.8) is 0 Å². The maximum absolute atomic E-state index is 12.3. The third kappa shape index (κ3) is 22.5. The van der Waals surface area contributed by atoms with Crippen LogP contribution in [0.15, 0.2) is 12.2 Å². The van der Waals surface area contributed by atoms with E-state index in [1.807, 2.05) is 6.92 Å². The minimum atomic E-state index is -5.04. The van der Waals surface area contributed by atoms with E-state index in [0.29, 0.717) is 13.0 Å². The maximum atomic E-state index is 12.3. The summed E-state index contributed by atoms with van der Waals surface area (Å²) in [4.78, 5) is 12.3. The van der Waals surface area contributed by atoms with E-state index >= 15 is 0 Å². The lowest BCUT2D eigenvalue weighted by atomic mass is 9.99. The molecule has 6 unspecified atom stereocenters. The molecular formula is C35H66O12S. The average molecular weight is 711 g/mol. The lowest BCUT2D eigenvalue weighted by molar-refractivity contribution is -0.301. The van der Waals surface area contributed by atoms with E-state index in [-0.39, 0.29) is 19.6 Å². The van der Waals surface area contributed by atoms with Crippen molar-refractivity contribution in [2.45, 2.75) is 179 Å². The van der Waals surface area contributed by atoms with Gasteiger partial charge in [0.2, 0.25) is 0 Å². The Bertz CT molecular complexity index is 915. The molecule has 1 saturated heterocycles. The van der Waals surface area contributed by atoms with Gasteiger partial charge < -0.3 is 34.3 Å². The third-order valence-corrected chi connectivity index (χ3v) is 8.85. The van der Waals surface area contributed by atoms with Crippen molar-refractivity contribution in [2.24, 2.45) is 0 Å². The van der Waals surface area contributed by atoms with E-state index in [9.17, 15) is 28.5 Å². The molecule has 1 heterocycles. The molecule has 0 aromatic heterocycles. The number of hydrogen-bond donors (Lipinski definition) is 4. The van der Waals surface area contributed by atoms with Crippen LogP contribution in [0.5, 0.6) is 0 Å². The number of carbonyl (C=O) groups excluding carboxylic acids is 1. The molecule has 1 fully saturated rings. The van der Waals surface area contributed by atoms with E-state index in [2.05, 4.69) is 23.3 Å². The van der Waals surface area contributed by atoms with Gasteiger partial charge >= 0.3 is 16.4 Å². The quantitative estimate of drug-likeness (QED) is 0.0288. The van der Waals surface area contributed by atoms with Crippen molar-refractivity contribution in [2.75, 3.05) is 26.4 Å². The molecule has 0 aromatic carbocycles. The summed E-state index contributed by atoms with van der Waals surface area (Å²) in [6.45, 7) is 3.70. The molecule has 284 valence electrons. The summed E-state index contributed by atoms with van der Waals surface area (Å²) in [7, 11) is -5.04. The molecular weight excluding hydrogens is 644 g/mol. The standard InChI is InChI=1S/C35H66O12S/c1-3-5-7-8-9-10-11-12-13-14-15-16-17-18-19-20-21-22-23-25-43-27-29(45-31(37)24-6-4-2)28-44-35-33(39)34(47-48(40,41)42)32(38)30(26-36)46-35/h13-14,29-30,32-36,38-39H,3-12,15-28H2,1-2H3,(H,40,41,42)/b14-13-. The Hall–Kier alpha value is -1.16. The Morgan fingerprint density at radius 2 is 1.31 bits per heavy atom. The summed E-state index contributed by atoms with van der Waals surface area (Å²) in [6, 6.07) is 0. The molecule has 1 aliphatic heterocycles. The van der Waals surface area contributed by atoms with Crippen LogP contribution >= 0.6 is 0 Å². The highest BCUT2D eigenvalue weighted by atomic mass is 32.3. The van der Waals surface area contributed by atoms with Gasteiger partial charge in [0.25, 0.3) is 0 Å². The molecule has 0 aromatic rings. The third-order valence-electron chi connectivity index (χ3n) is 8.39. The highest BCUT2D eigenvalue weighted by Crippen LogP contribution is 2.26. The number of unbranched alkanes of at least 4 members (excludes halogenated alkanes) is 16. The molecule has 0 spiro atoms. The van der Waals surface area contributed by atoms with Gasteiger partial charge in [-0.2, -0.15) is 8.42 Å². The van der Waals surface area contributed by atoms with Crippen LogP contribution in [0, 0.1) is 0 Å². The van der Waals surface area contributed by atoms with Crippen LogP contribution in [0.4, 0.5) is 0 Å². The van der Waals surface area contributed by atoms with Crippen molar-refractivity contribution in [1.82, 2.24) is 0 Å². The van der Waals surface area contributed by atoms with Crippen molar-refractivity contribution < 1.29 is 56.2 Å². The van der Waals surface area contributed by atoms with Gasteiger partial charge in [0, 0.05) is 13.0 Å². The number of hydrogen-bond acceptors (Lipinski definition) is 11. The predicted octanol–water partition coefficient (Wildman–Crippen LogP) is 5.96. The second-order valence-corrected chi connectivity index (χ2v) is 13.9. The summed E-state index contributed by atoms with van der Waals surface area (Å²) in [6.07, 6.45) is 18.3. The molecule has 1 rings (SSSR count). The fraction of sp³-hybridized carbons (Fsp3) is 0.914. The van der Waals surface area contributed by atoms with E-state index in [4.69, 9.17) is 23.5 Å². The smallest absolute Gasteiger partial charge is 0.397 e. The fourth-order valence-corrected chi connectivity index (χ4v) is 6.03. The minimum absolute atomic E-state index is 0.0329. The van der Waals surface area contributed by atoms with Crippen LogP contribution in [0.25, 0.3) is 0 Å². The number of ether oxygens (including phenoxy) is 4. The summed E-state index contributed by atoms with van der Waals surface area (Å²) in [5, 5.41) is 30.2. The average Bonchev–Trinajstić information content (AvgIpc) is 3.05. The summed E-state index contributed by atoms with van der Waals surface area (Å²) < 4.78 is 58.1. The fourth-order valence-electron chi connectivity index (χ4n) is 5.53. The highest BCUT2D eigenvalue weighted by Gasteiger charge is 2.48. The predicted molar refractivity (Wildman–Crippen MR) is 184 cm³/mol. The van der Waals surface area contributed by atoms with Crippen LogP contribution < -0.4 is 0 Å². The summed E-state index contributed by atoms with van der Waals surface area (Å²) >= 11 is 0. The Morgan fingerprint density at radius 3 is 1.85 bits per heavy atom. The Balaban J connectivity index is 2.27. The SMILES string of the molecule is CCCCCCCCC/C=C\CCCCCCCCCCOCC(COC1OC(CO)C(O)C(OS(=O)(=O)O)C1O)OC(=O)CCCC. The highest BCUT2D eigenvalue weighted by molar-refractivity contribution is 7.80. The molecule has 1 aliphatic rings. The van der Waals surface area contributed by atoms with Crippen LogP contribution in [0.3, 0.4) is 0 Å².